The van der Waals surface area contributed by atoms with Gasteiger partial charge in [-0.3, -0.25) is 57.5 Å². The second-order valence-electron chi connectivity index (χ2n) is 33.2. The molecule has 3 unspecified atom stereocenters. The molecule has 4 saturated carbocycles. The van der Waals surface area contributed by atoms with Crippen molar-refractivity contribution in [3.63, 3.8) is 0 Å². The van der Waals surface area contributed by atoms with E-state index >= 15 is 33.6 Å². The molecule has 4 aliphatic carbocycles. The van der Waals surface area contributed by atoms with E-state index in [1.54, 1.807) is 19.9 Å². The van der Waals surface area contributed by atoms with Gasteiger partial charge >= 0.3 is 6.18 Å². The molecule has 0 aromatic carbocycles. The number of halogens is 4. The predicted octanol–water partition coefficient (Wildman–Crippen LogP) is 6.77. The van der Waals surface area contributed by atoms with Crippen molar-refractivity contribution in [3.8, 4) is 0 Å². The maximum Gasteiger partial charge on any atom is 0.393 e. The van der Waals surface area contributed by atoms with Gasteiger partial charge in [0.05, 0.1) is 31.5 Å². The van der Waals surface area contributed by atoms with Gasteiger partial charge < -0.3 is 64.8 Å². The highest BCUT2D eigenvalue weighted by atomic mass is 35.5. The number of ether oxygens (including phenoxy) is 1. The molecule has 2 bridgehead atoms. The maximum atomic E-state index is 15.8. The number of amides is 12. The van der Waals surface area contributed by atoms with Crippen LogP contribution in [0.3, 0.4) is 0 Å². The number of nitrogens with one attached hydrogen (secondary N) is 3. The molecule has 6 fully saturated rings. The highest BCUT2D eigenvalue weighted by Gasteiger charge is 2.59. The zero-order valence-corrected chi connectivity index (χ0v) is 66.7. The van der Waals surface area contributed by atoms with E-state index in [2.05, 4.69) is 22.9 Å². The lowest BCUT2D eigenvalue weighted by atomic mass is 9.58. The number of nitrogens with zero attached hydrogens (tertiary/aromatic N) is 9. The summed E-state index contributed by atoms with van der Waals surface area (Å²) in [6.07, 6.45) is 4.68. The average Bonchev–Trinajstić information content (AvgIpc) is 1.14. The van der Waals surface area contributed by atoms with Crippen molar-refractivity contribution in [1.82, 2.24) is 60.0 Å². The van der Waals surface area contributed by atoms with E-state index < -0.39 is 191 Å². The van der Waals surface area contributed by atoms with E-state index in [4.69, 9.17) is 16.3 Å². The molecule has 106 heavy (non-hydrogen) atoms. The number of rotatable bonds is 15. The zero-order chi connectivity index (χ0) is 78.8. The van der Waals surface area contributed by atoms with Gasteiger partial charge in [-0.25, -0.2) is 0 Å². The molecule has 12 amide bonds. The Morgan fingerprint density at radius 1 is 0.660 bits per heavy atom. The number of likely N-dealkylation sites (N-methyl/N-ethyl adjacent to an activating group) is 7. The second-order valence-corrected chi connectivity index (χ2v) is 33.7. The molecular weight excluding hydrogens is 1390 g/mol. The topological polar surface area (TPSA) is 279 Å². The van der Waals surface area contributed by atoms with Crippen LogP contribution in [-0.4, -0.2) is 276 Å². The quantitative estimate of drug-likeness (QED) is 0.113. The molecular formula is C77H124ClF3N12O13. The first-order valence-corrected chi connectivity index (χ1v) is 39.4. The predicted molar refractivity (Wildman–Crippen MR) is 394 cm³/mol. The SMILES string of the molecule is CCO[C@@H]1C[C@H]2C(=O)NC3(CC(C)(C)C3)C(=O)N(C)[C@@H](C(CC)CC)C(=O)N(C)[C@H](C(=O)N(C)C)CC(=O)N(C)[C@@H](CC3CC3)C(=O)N[C@@H]([C@@H](C)CC)C(=O)N(C)CC(=O)N(C)[C@H]3C/C=C\CCN(C3=O)[C@@H](CC3CCC(C)CC3)C(=O)N(C)CC(=O)N[C@@H](CCC3CCC(C(F)(F)F)C(Cl)C3)C(=O)N2C1. The van der Waals surface area contributed by atoms with E-state index in [0.717, 1.165) is 38.5 Å². The molecule has 3 heterocycles. The molecule has 598 valence electrons. The van der Waals surface area contributed by atoms with Gasteiger partial charge in [0, 0.05) is 87.9 Å². The molecule has 2 saturated heterocycles. The lowest BCUT2D eigenvalue weighted by molar-refractivity contribution is -0.182. The van der Waals surface area contributed by atoms with Crippen molar-refractivity contribution < 1.29 is 75.4 Å². The Labute approximate surface area is 631 Å². The number of hydrogen-bond donors (Lipinski definition) is 3. The van der Waals surface area contributed by atoms with Crippen molar-refractivity contribution in [2.24, 2.45) is 46.8 Å². The minimum Gasteiger partial charge on any atom is -0.377 e. The van der Waals surface area contributed by atoms with Crippen LogP contribution in [0.2, 0.25) is 0 Å². The van der Waals surface area contributed by atoms with Gasteiger partial charge in [-0.1, -0.05) is 118 Å². The number of carbonyl (C=O) groups is 12. The molecule has 3 N–H and O–H groups in total. The van der Waals surface area contributed by atoms with Crippen molar-refractivity contribution in [1.29, 1.82) is 0 Å². The fraction of sp³-hybridized carbons (Fsp3) is 0.818. The summed E-state index contributed by atoms with van der Waals surface area (Å²) in [5.74, 6) is -10.5. The zero-order valence-electron chi connectivity index (χ0n) is 65.9. The van der Waals surface area contributed by atoms with Crippen LogP contribution in [0.1, 0.15) is 197 Å². The Balaban J connectivity index is 1.33. The number of alkyl halides is 4. The lowest BCUT2D eigenvalue weighted by Gasteiger charge is -2.54. The van der Waals surface area contributed by atoms with E-state index in [-0.39, 0.29) is 102 Å². The van der Waals surface area contributed by atoms with Crippen LogP contribution in [0.15, 0.2) is 12.2 Å². The van der Waals surface area contributed by atoms with Gasteiger partial charge in [0.1, 0.15) is 53.9 Å². The molecule has 1 spiro atoms. The molecule has 3 aliphatic heterocycles. The van der Waals surface area contributed by atoms with Gasteiger partial charge in [-0.05, 0) is 118 Å². The third-order valence-corrected chi connectivity index (χ3v) is 24.8. The molecule has 29 heteroatoms. The van der Waals surface area contributed by atoms with Crippen molar-refractivity contribution in [3.05, 3.63) is 12.2 Å². The van der Waals surface area contributed by atoms with Crippen LogP contribution in [0.5, 0.6) is 0 Å². The fourth-order valence-electron chi connectivity index (χ4n) is 17.4. The van der Waals surface area contributed by atoms with Crippen LogP contribution in [0, 0.1) is 46.8 Å². The number of fused-ring (bicyclic) bond motifs is 3. The first-order chi connectivity index (χ1) is 49.7. The smallest absolute Gasteiger partial charge is 0.377 e. The van der Waals surface area contributed by atoms with E-state index in [1.165, 1.54) is 100 Å². The molecule has 7 aliphatic rings. The third kappa shape index (κ3) is 21.3. The maximum absolute atomic E-state index is 15.8. The Bertz CT molecular complexity index is 3170. The van der Waals surface area contributed by atoms with Crippen LogP contribution in [-0.2, 0) is 62.3 Å². The number of carbonyl (C=O) groups excluding carboxylic acids is 12. The normalized spacial score (nSPS) is 31.8. The van der Waals surface area contributed by atoms with Crippen molar-refractivity contribution in [2.75, 3.05) is 89.2 Å². The summed E-state index contributed by atoms with van der Waals surface area (Å²) in [4.78, 5) is 194. The Morgan fingerprint density at radius 3 is 1.83 bits per heavy atom. The van der Waals surface area contributed by atoms with E-state index in [0.29, 0.717) is 31.6 Å². The molecule has 0 radical (unpaired) electrons. The molecule has 13 atom stereocenters. The first kappa shape index (κ1) is 86.7. The minimum atomic E-state index is -4.53. The van der Waals surface area contributed by atoms with Gasteiger partial charge in [0.15, 0.2) is 0 Å². The van der Waals surface area contributed by atoms with E-state index in [1.807, 2.05) is 40.7 Å². The summed E-state index contributed by atoms with van der Waals surface area (Å²) in [5, 5.41) is 7.64. The molecule has 0 aromatic heterocycles. The van der Waals surface area contributed by atoms with Gasteiger partial charge in [0.2, 0.25) is 70.9 Å². The standard InChI is InChI=1S/C77H124ClF3N12O13/c1-17-47(6)64-72(103)87(12)43-63(96)88(13)56-24-22-21-23-35-92(71(56)102)60(38-49-27-25-46(5)26-28-49)70(101)86(11)42-61(94)82-55(34-32-48-31-33-53(54(78)36-48)77(79,80)81)68(99)93-41-52(106-20-4)39-58(93)67(98)84-76(44-75(7,8)45-76)74(105)91(16)65(51(18-2)19-3)73(104)90(15)59(69(100)85(9)10)40-62(95)89(14)57(66(97)83-64)37-50-29-30-50/h21-22,46-60,64-65H,17-20,23-45H2,1-16H3,(H,82,94)(H,83,97)(H,84,98)/b22-21-/t46?,47-,48?,49?,52+,53?,54?,55-,56-,57-,58-,59-,60-,64-,65-/m0/s1. The van der Waals surface area contributed by atoms with Crippen molar-refractivity contribution in [2.45, 2.75) is 268 Å². The highest BCUT2D eigenvalue weighted by molar-refractivity contribution is 6.21. The van der Waals surface area contributed by atoms with Crippen LogP contribution in [0.25, 0.3) is 0 Å². The fourth-order valence-corrected chi connectivity index (χ4v) is 17.9. The lowest BCUT2D eigenvalue weighted by Crippen LogP contribution is -2.71. The first-order valence-electron chi connectivity index (χ1n) is 39.0. The summed E-state index contributed by atoms with van der Waals surface area (Å²) in [7, 11) is 11.6. The second kappa shape index (κ2) is 37.2. The summed E-state index contributed by atoms with van der Waals surface area (Å²) in [5.41, 5.74) is -2.20. The third-order valence-electron chi connectivity index (χ3n) is 24.3. The van der Waals surface area contributed by atoms with Gasteiger partial charge in [-0.2, -0.15) is 13.2 Å². The minimum absolute atomic E-state index is 0.00592. The molecule has 0 aromatic rings. The summed E-state index contributed by atoms with van der Waals surface area (Å²) in [6, 6.07) is -10.1. The Hall–Kier alpha value is -6.58. The Kier molecular flexibility index (Phi) is 30.4. The molecule has 7 rings (SSSR count). The monoisotopic (exact) mass is 1520 g/mol. The van der Waals surface area contributed by atoms with Gasteiger partial charge in [-0.15, -0.1) is 11.6 Å². The van der Waals surface area contributed by atoms with Crippen LogP contribution < -0.4 is 16.0 Å². The Morgan fingerprint density at radius 2 is 1.26 bits per heavy atom. The summed E-state index contributed by atoms with van der Waals surface area (Å²) >= 11 is 6.47. The molecule has 25 nitrogen and oxygen atoms in total. The number of hydrogen-bond acceptors (Lipinski definition) is 13. The van der Waals surface area contributed by atoms with Crippen molar-refractivity contribution >= 4 is 82.5 Å². The largest absolute Gasteiger partial charge is 0.393 e. The summed E-state index contributed by atoms with van der Waals surface area (Å²) in [6.45, 7) is 14.1. The summed E-state index contributed by atoms with van der Waals surface area (Å²) < 4.78 is 48.6. The van der Waals surface area contributed by atoms with Crippen LogP contribution in [0.4, 0.5) is 13.2 Å². The van der Waals surface area contributed by atoms with Crippen LogP contribution >= 0.6 is 11.6 Å². The highest BCUT2D eigenvalue weighted by Crippen LogP contribution is 2.50. The van der Waals surface area contributed by atoms with Gasteiger partial charge in [0.25, 0.3) is 0 Å². The van der Waals surface area contributed by atoms with E-state index in [9.17, 15) is 37.1 Å². The average molecular weight is 1520 g/mol.